The maximum absolute atomic E-state index is 12.8. The Labute approximate surface area is 212 Å². The number of rotatable bonds is 9. The quantitative estimate of drug-likeness (QED) is 0.423. The molecule has 5 rings (SSSR count). The van der Waals surface area contributed by atoms with Gasteiger partial charge in [-0.05, 0) is 86.4 Å². The molecule has 0 saturated carbocycles. The van der Waals surface area contributed by atoms with Crippen LogP contribution in [0.25, 0.3) is 0 Å². The van der Waals surface area contributed by atoms with Gasteiger partial charge in [0.15, 0.2) is 0 Å². The molecule has 0 spiro atoms. The van der Waals surface area contributed by atoms with Crippen LogP contribution in [0.3, 0.4) is 0 Å². The van der Waals surface area contributed by atoms with Gasteiger partial charge in [-0.2, -0.15) is 0 Å². The molecule has 9 heteroatoms. The molecule has 0 radical (unpaired) electrons. The second-order valence-electron chi connectivity index (χ2n) is 10.2. The number of nitrogens with zero attached hydrogens (tertiary/aromatic N) is 3. The van der Waals surface area contributed by atoms with Gasteiger partial charge in [-0.25, -0.2) is 15.2 Å². The summed E-state index contributed by atoms with van der Waals surface area (Å²) in [4.78, 5) is 31.8. The highest BCUT2D eigenvalue weighted by Crippen LogP contribution is 2.26. The fourth-order valence-corrected chi connectivity index (χ4v) is 5.51. The first-order chi connectivity index (χ1) is 17.5. The molecule has 1 aromatic heterocycles. The first kappa shape index (κ1) is 24.5. The van der Waals surface area contributed by atoms with Crippen LogP contribution in [0, 0.1) is 5.92 Å². The SMILES string of the molecule is CN1NCc2cc(C(=O)N[C@@H](CCN3CC[C@@H](CCc4ccc5c(n4)NCCC5)C3)C(=O)O)ccc21. The Kier molecular flexibility index (Phi) is 7.38. The molecular formula is C27H36N6O3. The van der Waals surface area contributed by atoms with Crippen LogP contribution in [0.15, 0.2) is 30.3 Å². The summed E-state index contributed by atoms with van der Waals surface area (Å²) >= 11 is 0. The van der Waals surface area contributed by atoms with E-state index in [0.29, 0.717) is 31.0 Å². The van der Waals surface area contributed by atoms with Crippen LogP contribution in [0.1, 0.15) is 52.9 Å². The van der Waals surface area contributed by atoms with Crippen molar-refractivity contribution in [3.63, 3.8) is 0 Å². The van der Waals surface area contributed by atoms with E-state index in [1.165, 1.54) is 12.0 Å². The summed E-state index contributed by atoms with van der Waals surface area (Å²) in [5.74, 6) is 0.309. The lowest BCUT2D eigenvalue weighted by atomic mass is 10.00. The van der Waals surface area contributed by atoms with Crippen LogP contribution in [0.2, 0.25) is 0 Å². The number of pyridine rings is 1. The topological polar surface area (TPSA) is 110 Å². The van der Waals surface area contributed by atoms with Crippen LogP contribution in [0.4, 0.5) is 11.5 Å². The zero-order valence-corrected chi connectivity index (χ0v) is 20.9. The van der Waals surface area contributed by atoms with Crippen molar-refractivity contribution in [3.05, 3.63) is 52.7 Å². The lowest BCUT2D eigenvalue weighted by Crippen LogP contribution is -2.43. The number of carbonyl (C=O) groups excluding carboxylic acids is 1. The summed E-state index contributed by atoms with van der Waals surface area (Å²) in [5.41, 5.74) is 8.20. The van der Waals surface area contributed by atoms with Crippen molar-refractivity contribution in [2.24, 2.45) is 5.92 Å². The van der Waals surface area contributed by atoms with Crippen molar-refractivity contribution in [1.82, 2.24) is 20.6 Å². The average molecular weight is 493 g/mol. The van der Waals surface area contributed by atoms with E-state index in [9.17, 15) is 14.7 Å². The number of fused-ring (bicyclic) bond motifs is 2. The number of aliphatic carboxylic acids is 1. The third kappa shape index (κ3) is 5.63. The zero-order chi connectivity index (χ0) is 25.1. The second-order valence-corrected chi connectivity index (χ2v) is 10.2. The summed E-state index contributed by atoms with van der Waals surface area (Å²) < 4.78 is 0. The number of aromatic nitrogens is 1. The summed E-state index contributed by atoms with van der Waals surface area (Å²) in [6, 6.07) is 8.93. The second kappa shape index (κ2) is 10.8. The van der Waals surface area contributed by atoms with Gasteiger partial charge in [0.2, 0.25) is 0 Å². The van der Waals surface area contributed by atoms with Gasteiger partial charge in [-0.1, -0.05) is 6.07 Å². The van der Waals surface area contributed by atoms with Crippen LogP contribution in [0.5, 0.6) is 0 Å². The van der Waals surface area contributed by atoms with E-state index in [4.69, 9.17) is 4.98 Å². The number of hydrogen-bond donors (Lipinski definition) is 4. The molecule has 36 heavy (non-hydrogen) atoms. The maximum atomic E-state index is 12.8. The molecule has 0 unspecified atom stereocenters. The molecule has 1 aromatic carbocycles. The Morgan fingerprint density at radius 1 is 1.25 bits per heavy atom. The normalized spacial score (nSPS) is 19.9. The van der Waals surface area contributed by atoms with Gasteiger partial charge in [0.1, 0.15) is 11.9 Å². The zero-order valence-electron chi connectivity index (χ0n) is 20.9. The number of carbonyl (C=O) groups is 2. The molecule has 9 nitrogen and oxygen atoms in total. The van der Waals surface area contributed by atoms with Gasteiger partial charge in [0.25, 0.3) is 5.91 Å². The Morgan fingerprint density at radius 2 is 2.14 bits per heavy atom. The summed E-state index contributed by atoms with van der Waals surface area (Å²) in [6.45, 7) is 4.25. The van der Waals surface area contributed by atoms with Crippen LogP contribution >= 0.6 is 0 Å². The lowest BCUT2D eigenvalue weighted by Gasteiger charge is -2.20. The third-order valence-corrected chi connectivity index (χ3v) is 7.68. The molecule has 2 atom stereocenters. The first-order valence-corrected chi connectivity index (χ1v) is 13.0. The molecule has 2 aromatic rings. The number of carboxylic acids is 1. The molecule has 4 N–H and O–H groups in total. The van der Waals surface area contributed by atoms with E-state index in [-0.39, 0.29) is 5.91 Å². The van der Waals surface area contributed by atoms with E-state index >= 15 is 0 Å². The van der Waals surface area contributed by atoms with Crippen molar-refractivity contribution >= 4 is 23.4 Å². The van der Waals surface area contributed by atoms with Gasteiger partial charge in [0, 0.05) is 44.5 Å². The van der Waals surface area contributed by atoms with Gasteiger partial charge in [-0.3, -0.25) is 4.79 Å². The van der Waals surface area contributed by atoms with Crippen molar-refractivity contribution in [1.29, 1.82) is 0 Å². The fraction of sp³-hybridized carbons (Fsp3) is 0.519. The van der Waals surface area contributed by atoms with Crippen LogP contribution < -0.4 is 21.1 Å². The van der Waals surface area contributed by atoms with Gasteiger partial charge < -0.3 is 25.6 Å². The molecule has 0 aliphatic carbocycles. The number of hydrogen-bond acceptors (Lipinski definition) is 7. The standard InChI is InChI=1S/C27H36N6O3/c1-32-24-9-6-20(15-21(24)16-29-32)26(34)31-23(27(35)36)11-14-33-13-10-18(17-33)4-7-22-8-5-19-3-2-12-28-25(19)30-22/h5-6,8-9,15,18,23,29H,2-4,7,10-14,16-17H2,1H3,(H,28,30)(H,31,34)(H,35,36)/t18-,23+/m1/s1. The summed E-state index contributed by atoms with van der Waals surface area (Å²) in [5, 5.41) is 17.8. The minimum atomic E-state index is -0.992. The minimum absolute atomic E-state index is 0.342. The molecule has 0 bridgehead atoms. The highest BCUT2D eigenvalue weighted by Gasteiger charge is 2.27. The van der Waals surface area contributed by atoms with E-state index in [0.717, 1.165) is 68.1 Å². The molecule has 3 aliphatic rings. The maximum Gasteiger partial charge on any atom is 0.326 e. The van der Waals surface area contributed by atoms with Crippen LogP contribution in [-0.2, 0) is 24.2 Å². The number of hydrazine groups is 1. The van der Waals surface area contributed by atoms with Gasteiger partial charge >= 0.3 is 5.97 Å². The molecular weight excluding hydrogens is 456 g/mol. The van der Waals surface area contributed by atoms with E-state index in [1.54, 1.807) is 6.07 Å². The molecule has 1 saturated heterocycles. The minimum Gasteiger partial charge on any atom is -0.480 e. The van der Waals surface area contributed by atoms with Gasteiger partial charge in [0.05, 0.1) is 5.69 Å². The van der Waals surface area contributed by atoms with Crippen molar-refractivity contribution in [2.45, 2.75) is 51.1 Å². The largest absolute Gasteiger partial charge is 0.480 e. The molecule has 3 aliphatic heterocycles. The van der Waals surface area contributed by atoms with Crippen molar-refractivity contribution in [2.75, 3.05) is 43.6 Å². The van der Waals surface area contributed by atoms with Crippen molar-refractivity contribution in [3.8, 4) is 0 Å². The Hall–Kier alpha value is -3.17. The predicted octanol–water partition coefficient (Wildman–Crippen LogP) is 2.42. The number of nitrogens with one attached hydrogen (secondary N) is 3. The number of benzene rings is 1. The van der Waals surface area contributed by atoms with Crippen molar-refractivity contribution < 1.29 is 14.7 Å². The smallest absolute Gasteiger partial charge is 0.326 e. The number of anilines is 2. The first-order valence-electron chi connectivity index (χ1n) is 13.0. The third-order valence-electron chi connectivity index (χ3n) is 7.68. The van der Waals surface area contributed by atoms with Crippen LogP contribution in [-0.4, -0.2) is 66.1 Å². The molecule has 1 fully saturated rings. The molecule has 1 amide bonds. The van der Waals surface area contributed by atoms with E-state index in [2.05, 4.69) is 33.1 Å². The Bertz CT molecular complexity index is 1120. The Morgan fingerprint density at radius 3 is 3.00 bits per heavy atom. The summed E-state index contributed by atoms with van der Waals surface area (Å²) in [6.07, 6.45) is 5.83. The molecule has 4 heterocycles. The Balaban J connectivity index is 1.08. The monoisotopic (exact) mass is 492 g/mol. The van der Waals surface area contributed by atoms with E-state index < -0.39 is 12.0 Å². The number of amides is 1. The number of aryl methyl sites for hydroxylation is 2. The van der Waals surface area contributed by atoms with E-state index in [1.807, 2.05) is 24.2 Å². The highest BCUT2D eigenvalue weighted by atomic mass is 16.4. The number of likely N-dealkylation sites (tertiary alicyclic amines) is 1. The fourth-order valence-electron chi connectivity index (χ4n) is 5.51. The van der Waals surface area contributed by atoms with Gasteiger partial charge in [-0.15, -0.1) is 0 Å². The lowest BCUT2D eigenvalue weighted by molar-refractivity contribution is -0.139. The predicted molar refractivity (Wildman–Crippen MR) is 139 cm³/mol. The molecule has 192 valence electrons. The summed E-state index contributed by atoms with van der Waals surface area (Å²) in [7, 11) is 1.93. The highest BCUT2D eigenvalue weighted by molar-refractivity contribution is 5.97. The number of carboxylic acid groups (broad SMARTS) is 1. The average Bonchev–Trinajstić information content (AvgIpc) is 3.50.